The van der Waals surface area contributed by atoms with Gasteiger partial charge in [0.05, 0.1) is 11.8 Å². The number of benzene rings is 1. The molecule has 0 bridgehead atoms. The van der Waals surface area contributed by atoms with E-state index >= 15 is 0 Å². The van der Waals surface area contributed by atoms with E-state index in [1.165, 1.54) is 32.1 Å². The van der Waals surface area contributed by atoms with Crippen molar-refractivity contribution in [2.75, 3.05) is 7.11 Å². The van der Waals surface area contributed by atoms with Gasteiger partial charge in [0.1, 0.15) is 5.82 Å². The lowest BCUT2D eigenvalue weighted by Crippen LogP contribution is -2.57. The number of nitrogens with one attached hydrogen (secondary N) is 1. The number of rotatable bonds is 5. The molecule has 3 aliphatic carbocycles. The van der Waals surface area contributed by atoms with Crippen LogP contribution in [-0.4, -0.2) is 33.0 Å². The zero-order valence-electron chi connectivity index (χ0n) is 16.7. The Kier molecular flexibility index (Phi) is 3.76. The van der Waals surface area contributed by atoms with Gasteiger partial charge in [-0.25, -0.2) is 9.67 Å². The van der Waals surface area contributed by atoms with E-state index in [9.17, 15) is 4.79 Å². The van der Waals surface area contributed by atoms with Gasteiger partial charge in [0.15, 0.2) is 5.82 Å². The SMILES string of the molecule is COC1CC(c2nc(CC3CC3)nn2-c2ccc3c(=O)[nH]ccc3c2)C12CCC2. The van der Waals surface area contributed by atoms with Gasteiger partial charge in [-0.1, -0.05) is 6.42 Å². The van der Waals surface area contributed by atoms with Crippen LogP contribution in [0.2, 0.25) is 0 Å². The Labute approximate surface area is 169 Å². The standard InChI is InChI=1S/C23H26N4O2/c1-29-19-13-18(23(19)8-2-9-23)21-25-20(11-14-3-4-14)26-27(21)16-5-6-17-15(12-16)7-10-24-22(17)28/h5-7,10,12,14,18-19H,2-4,8-9,11,13H2,1H3,(H,24,28). The van der Waals surface area contributed by atoms with E-state index in [0.29, 0.717) is 17.4 Å². The molecule has 0 amide bonds. The molecule has 2 atom stereocenters. The number of hydrogen-bond acceptors (Lipinski definition) is 4. The molecule has 0 radical (unpaired) electrons. The Hall–Kier alpha value is -2.47. The van der Waals surface area contributed by atoms with E-state index in [1.807, 2.05) is 25.3 Å². The Balaban J connectivity index is 1.45. The molecule has 3 aromatic rings. The highest BCUT2D eigenvalue weighted by molar-refractivity contribution is 5.83. The van der Waals surface area contributed by atoms with Gasteiger partial charge in [0.25, 0.3) is 5.56 Å². The van der Waals surface area contributed by atoms with Gasteiger partial charge < -0.3 is 9.72 Å². The molecule has 2 aromatic heterocycles. The number of nitrogens with zero attached hydrogens (tertiary/aromatic N) is 3. The summed E-state index contributed by atoms with van der Waals surface area (Å²) in [7, 11) is 1.84. The molecule has 1 spiro atoms. The number of aromatic amines is 1. The third-order valence-electron chi connectivity index (χ3n) is 7.51. The molecule has 6 rings (SSSR count). The van der Waals surface area contributed by atoms with Gasteiger partial charge >= 0.3 is 0 Å². The molecular formula is C23H26N4O2. The number of hydrogen-bond donors (Lipinski definition) is 1. The van der Waals surface area contributed by atoms with Gasteiger partial charge in [0.2, 0.25) is 0 Å². The molecule has 3 aliphatic rings. The van der Waals surface area contributed by atoms with Crippen molar-refractivity contribution in [1.29, 1.82) is 0 Å². The Morgan fingerprint density at radius 1 is 1.28 bits per heavy atom. The minimum Gasteiger partial charge on any atom is -0.381 e. The zero-order chi connectivity index (χ0) is 19.6. The summed E-state index contributed by atoms with van der Waals surface area (Å²) in [5.74, 6) is 3.19. The first-order chi connectivity index (χ1) is 14.2. The maximum Gasteiger partial charge on any atom is 0.255 e. The highest BCUT2D eigenvalue weighted by Gasteiger charge is 2.60. The number of methoxy groups -OCH3 is 1. The molecule has 3 saturated carbocycles. The average molecular weight is 390 g/mol. The summed E-state index contributed by atoms with van der Waals surface area (Å²) in [4.78, 5) is 19.9. The van der Waals surface area contributed by atoms with Crippen molar-refractivity contribution in [3.8, 4) is 5.69 Å². The molecule has 6 heteroatoms. The monoisotopic (exact) mass is 390 g/mol. The second kappa shape index (κ2) is 6.26. The van der Waals surface area contributed by atoms with Crippen LogP contribution in [0.15, 0.2) is 35.3 Å². The Morgan fingerprint density at radius 2 is 2.14 bits per heavy atom. The number of fused-ring (bicyclic) bond motifs is 1. The molecular weight excluding hydrogens is 364 g/mol. The summed E-state index contributed by atoms with van der Waals surface area (Å²) in [6.07, 6.45) is 10.3. The van der Waals surface area contributed by atoms with Crippen LogP contribution >= 0.6 is 0 Å². The van der Waals surface area contributed by atoms with Crippen LogP contribution in [-0.2, 0) is 11.2 Å². The van der Waals surface area contributed by atoms with Crippen LogP contribution in [0.4, 0.5) is 0 Å². The van der Waals surface area contributed by atoms with E-state index < -0.39 is 0 Å². The van der Waals surface area contributed by atoms with Crippen LogP contribution in [0.1, 0.15) is 56.1 Å². The van der Waals surface area contributed by atoms with Gasteiger partial charge in [-0.05, 0) is 67.7 Å². The normalized spacial score (nSPS) is 25.1. The molecule has 150 valence electrons. The van der Waals surface area contributed by atoms with Gasteiger partial charge in [-0.15, -0.1) is 0 Å². The summed E-state index contributed by atoms with van der Waals surface area (Å²) in [6, 6.07) is 7.90. The fourth-order valence-corrected chi connectivity index (χ4v) is 5.46. The van der Waals surface area contributed by atoms with Crippen LogP contribution in [0.25, 0.3) is 16.5 Å². The first-order valence-electron chi connectivity index (χ1n) is 10.8. The van der Waals surface area contributed by atoms with Crippen molar-refractivity contribution in [3.05, 3.63) is 52.5 Å². The third kappa shape index (κ3) is 2.61. The predicted octanol–water partition coefficient (Wildman–Crippen LogP) is 3.73. The molecule has 0 saturated heterocycles. The third-order valence-corrected chi connectivity index (χ3v) is 7.51. The van der Waals surface area contributed by atoms with Crippen LogP contribution in [0, 0.1) is 11.3 Å². The minimum absolute atomic E-state index is 0.0577. The Bertz CT molecular complexity index is 1140. The highest BCUT2D eigenvalue weighted by atomic mass is 16.5. The first-order valence-corrected chi connectivity index (χ1v) is 10.8. The molecule has 3 fully saturated rings. The first kappa shape index (κ1) is 17.4. The molecule has 2 unspecified atom stereocenters. The van der Waals surface area contributed by atoms with E-state index in [4.69, 9.17) is 14.8 Å². The lowest BCUT2D eigenvalue weighted by atomic mass is 9.47. The number of aromatic nitrogens is 4. The number of H-pyrrole nitrogens is 1. The lowest BCUT2D eigenvalue weighted by Gasteiger charge is -2.60. The number of ether oxygens (including phenoxy) is 1. The minimum atomic E-state index is -0.0577. The summed E-state index contributed by atoms with van der Waals surface area (Å²) < 4.78 is 7.85. The molecule has 2 heterocycles. The summed E-state index contributed by atoms with van der Waals surface area (Å²) in [6.45, 7) is 0. The van der Waals surface area contributed by atoms with E-state index in [1.54, 1.807) is 6.20 Å². The Morgan fingerprint density at radius 3 is 2.86 bits per heavy atom. The van der Waals surface area contributed by atoms with Crippen LogP contribution in [0.5, 0.6) is 0 Å². The molecule has 6 nitrogen and oxygen atoms in total. The predicted molar refractivity (Wildman–Crippen MR) is 110 cm³/mol. The average Bonchev–Trinajstić information content (AvgIpc) is 3.38. The second-order valence-electron chi connectivity index (χ2n) is 9.12. The summed E-state index contributed by atoms with van der Waals surface area (Å²) >= 11 is 0. The van der Waals surface area contributed by atoms with E-state index in [-0.39, 0.29) is 11.0 Å². The smallest absolute Gasteiger partial charge is 0.255 e. The molecule has 1 N–H and O–H groups in total. The van der Waals surface area contributed by atoms with E-state index in [0.717, 1.165) is 41.5 Å². The maximum atomic E-state index is 12.1. The zero-order valence-corrected chi connectivity index (χ0v) is 16.7. The second-order valence-corrected chi connectivity index (χ2v) is 9.12. The van der Waals surface area contributed by atoms with Gasteiger partial charge in [0, 0.05) is 36.4 Å². The van der Waals surface area contributed by atoms with Gasteiger partial charge in [-0.2, -0.15) is 5.10 Å². The fraction of sp³-hybridized carbons (Fsp3) is 0.522. The van der Waals surface area contributed by atoms with Crippen LogP contribution in [0.3, 0.4) is 0 Å². The molecule has 1 aromatic carbocycles. The van der Waals surface area contributed by atoms with Gasteiger partial charge in [-0.3, -0.25) is 4.79 Å². The summed E-state index contributed by atoms with van der Waals surface area (Å²) in [5, 5.41) is 6.58. The van der Waals surface area contributed by atoms with Crippen molar-refractivity contribution in [3.63, 3.8) is 0 Å². The molecule has 0 aliphatic heterocycles. The molecule has 29 heavy (non-hydrogen) atoms. The van der Waals surface area contributed by atoms with Crippen molar-refractivity contribution < 1.29 is 4.74 Å². The topological polar surface area (TPSA) is 72.8 Å². The lowest BCUT2D eigenvalue weighted by molar-refractivity contribution is -0.157. The van der Waals surface area contributed by atoms with Crippen molar-refractivity contribution in [2.24, 2.45) is 11.3 Å². The van der Waals surface area contributed by atoms with Crippen molar-refractivity contribution in [1.82, 2.24) is 19.7 Å². The summed E-state index contributed by atoms with van der Waals surface area (Å²) in [5.41, 5.74) is 1.17. The van der Waals surface area contributed by atoms with Crippen molar-refractivity contribution in [2.45, 2.75) is 57.0 Å². The largest absolute Gasteiger partial charge is 0.381 e. The fourth-order valence-electron chi connectivity index (χ4n) is 5.46. The van der Waals surface area contributed by atoms with E-state index in [2.05, 4.69) is 15.7 Å². The quantitative estimate of drug-likeness (QED) is 0.720. The van der Waals surface area contributed by atoms with Crippen molar-refractivity contribution >= 4 is 10.8 Å². The number of pyridine rings is 1. The highest BCUT2D eigenvalue weighted by Crippen LogP contribution is 2.64. The van der Waals surface area contributed by atoms with Crippen LogP contribution < -0.4 is 5.56 Å². The maximum absolute atomic E-state index is 12.1.